The number of hydrazone groups is 1. The summed E-state index contributed by atoms with van der Waals surface area (Å²) in [5, 5.41) is 6.81. The van der Waals surface area contributed by atoms with Crippen LogP contribution < -0.4 is 15.5 Å². The summed E-state index contributed by atoms with van der Waals surface area (Å²) < 4.78 is 5.61. The lowest BCUT2D eigenvalue weighted by Crippen LogP contribution is -2.38. The first-order chi connectivity index (χ1) is 14.1. The van der Waals surface area contributed by atoms with Crippen molar-refractivity contribution in [3.63, 3.8) is 0 Å². The van der Waals surface area contributed by atoms with Crippen LogP contribution in [0.2, 0.25) is 0 Å². The topological polar surface area (TPSA) is 83.0 Å². The number of ether oxygens (including phenoxy) is 1. The summed E-state index contributed by atoms with van der Waals surface area (Å²) in [5.41, 5.74) is 4.67. The molecule has 0 bridgehead atoms. The molecule has 152 valence electrons. The van der Waals surface area contributed by atoms with Gasteiger partial charge in [0.15, 0.2) is 6.61 Å². The van der Waals surface area contributed by atoms with E-state index in [1.54, 1.807) is 31.2 Å². The van der Waals surface area contributed by atoms with Crippen LogP contribution >= 0.6 is 0 Å². The van der Waals surface area contributed by atoms with E-state index in [1.807, 2.05) is 35.2 Å². The van der Waals surface area contributed by atoms with E-state index in [0.717, 1.165) is 31.5 Å². The standard InChI is InChI=1S/C22H26N4O3/c1-17(24-25-22(28)23-19-8-4-2-5-9-19)18-10-12-20(13-11-18)29-16-21(27)26-14-6-3-7-15-26/h2,4-5,8-13H,3,6-7,14-16H2,1H3,(H2,23,25,28)/b24-17-. The molecule has 0 aromatic heterocycles. The Balaban J connectivity index is 1.47. The molecular formula is C22H26N4O3. The van der Waals surface area contributed by atoms with Crippen LogP contribution in [0.1, 0.15) is 31.7 Å². The van der Waals surface area contributed by atoms with E-state index in [4.69, 9.17) is 4.74 Å². The number of hydrogen-bond acceptors (Lipinski definition) is 4. The van der Waals surface area contributed by atoms with E-state index in [1.165, 1.54) is 6.42 Å². The lowest BCUT2D eigenvalue weighted by Gasteiger charge is -2.26. The number of para-hydroxylation sites is 1. The van der Waals surface area contributed by atoms with Crippen molar-refractivity contribution in [2.75, 3.05) is 25.0 Å². The number of hydrogen-bond donors (Lipinski definition) is 2. The smallest absolute Gasteiger partial charge is 0.339 e. The zero-order valence-electron chi connectivity index (χ0n) is 16.6. The summed E-state index contributed by atoms with van der Waals surface area (Å²) in [6, 6.07) is 16.0. The third-order valence-electron chi connectivity index (χ3n) is 4.70. The molecule has 29 heavy (non-hydrogen) atoms. The molecule has 2 aromatic rings. The van der Waals surface area contributed by atoms with Crippen molar-refractivity contribution in [3.8, 4) is 5.75 Å². The highest BCUT2D eigenvalue weighted by atomic mass is 16.5. The maximum absolute atomic E-state index is 12.2. The third kappa shape index (κ3) is 6.34. The molecule has 7 heteroatoms. The van der Waals surface area contributed by atoms with Crippen molar-refractivity contribution in [1.29, 1.82) is 0 Å². The Hall–Kier alpha value is -3.35. The second kappa shape index (κ2) is 10.3. The van der Waals surface area contributed by atoms with Gasteiger partial charge in [-0.1, -0.05) is 18.2 Å². The molecule has 1 fully saturated rings. The normalized spacial score (nSPS) is 14.2. The van der Waals surface area contributed by atoms with Gasteiger partial charge in [0, 0.05) is 18.8 Å². The predicted octanol–water partition coefficient (Wildman–Crippen LogP) is 3.62. The Morgan fingerprint density at radius 2 is 1.69 bits per heavy atom. The molecule has 3 amide bonds. The second-order valence-electron chi connectivity index (χ2n) is 6.88. The van der Waals surface area contributed by atoms with Crippen LogP contribution in [0, 0.1) is 0 Å². The molecule has 2 aromatic carbocycles. The Labute approximate surface area is 170 Å². The van der Waals surface area contributed by atoms with Gasteiger partial charge in [0.2, 0.25) is 0 Å². The quantitative estimate of drug-likeness (QED) is 0.580. The van der Waals surface area contributed by atoms with E-state index < -0.39 is 6.03 Å². The zero-order valence-corrected chi connectivity index (χ0v) is 16.6. The highest BCUT2D eigenvalue weighted by molar-refractivity contribution is 6.00. The highest BCUT2D eigenvalue weighted by Crippen LogP contribution is 2.14. The molecule has 1 aliphatic heterocycles. The van der Waals surface area contributed by atoms with Gasteiger partial charge in [0.25, 0.3) is 5.91 Å². The van der Waals surface area contributed by atoms with Crippen molar-refractivity contribution in [1.82, 2.24) is 10.3 Å². The van der Waals surface area contributed by atoms with Crippen LogP contribution in [0.25, 0.3) is 0 Å². The van der Waals surface area contributed by atoms with Gasteiger partial charge in [-0.25, -0.2) is 10.2 Å². The molecule has 0 saturated carbocycles. The largest absolute Gasteiger partial charge is 0.484 e. The number of benzene rings is 2. The van der Waals surface area contributed by atoms with E-state index in [0.29, 0.717) is 17.1 Å². The number of nitrogens with zero attached hydrogens (tertiary/aromatic N) is 2. The molecule has 3 rings (SSSR count). The molecule has 0 unspecified atom stereocenters. The van der Waals surface area contributed by atoms with Gasteiger partial charge in [0.1, 0.15) is 5.75 Å². The van der Waals surface area contributed by atoms with Crippen molar-refractivity contribution in [3.05, 3.63) is 60.2 Å². The molecule has 2 N–H and O–H groups in total. The second-order valence-corrected chi connectivity index (χ2v) is 6.88. The summed E-state index contributed by atoms with van der Waals surface area (Å²) >= 11 is 0. The number of amides is 3. The number of piperidine rings is 1. The van der Waals surface area contributed by atoms with E-state index in [9.17, 15) is 9.59 Å². The molecule has 1 aliphatic rings. The number of nitrogens with one attached hydrogen (secondary N) is 2. The minimum atomic E-state index is -0.410. The highest BCUT2D eigenvalue weighted by Gasteiger charge is 2.16. The molecule has 7 nitrogen and oxygen atoms in total. The van der Waals surface area contributed by atoms with Gasteiger partial charge in [0.05, 0.1) is 5.71 Å². The molecule has 1 heterocycles. The lowest BCUT2D eigenvalue weighted by molar-refractivity contribution is -0.134. The van der Waals surface area contributed by atoms with Crippen molar-refractivity contribution in [2.24, 2.45) is 5.10 Å². The van der Waals surface area contributed by atoms with Crippen molar-refractivity contribution in [2.45, 2.75) is 26.2 Å². The van der Waals surface area contributed by atoms with Crippen LogP contribution in [0.5, 0.6) is 5.75 Å². The fourth-order valence-corrected chi connectivity index (χ4v) is 3.05. The van der Waals surface area contributed by atoms with Gasteiger partial charge in [-0.05, 0) is 68.1 Å². The molecular weight excluding hydrogens is 368 g/mol. The summed E-state index contributed by atoms with van der Waals surface area (Å²) in [6.07, 6.45) is 3.32. The maximum atomic E-state index is 12.2. The SMILES string of the molecule is C/C(=N/NC(=O)Nc1ccccc1)c1ccc(OCC(=O)N2CCCCC2)cc1. The fourth-order valence-electron chi connectivity index (χ4n) is 3.05. The predicted molar refractivity (Wildman–Crippen MR) is 113 cm³/mol. The number of carbonyl (C=O) groups excluding carboxylic acids is 2. The van der Waals surface area contributed by atoms with Crippen molar-refractivity contribution >= 4 is 23.3 Å². The fraction of sp³-hybridized carbons (Fsp3) is 0.318. The minimum Gasteiger partial charge on any atom is -0.484 e. The average molecular weight is 394 g/mol. The number of carbonyl (C=O) groups is 2. The zero-order chi connectivity index (χ0) is 20.5. The summed E-state index contributed by atoms with van der Waals surface area (Å²) in [6.45, 7) is 3.50. The summed E-state index contributed by atoms with van der Waals surface area (Å²) in [5.74, 6) is 0.654. The average Bonchev–Trinajstić information content (AvgIpc) is 2.77. The number of likely N-dealkylation sites (tertiary alicyclic amines) is 1. The Morgan fingerprint density at radius 1 is 1.00 bits per heavy atom. The first kappa shape index (κ1) is 20.4. The van der Waals surface area contributed by atoms with E-state index in [-0.39, 0.29) is 12.5 Å². The van der Waals surface area contributed by atoms with Crippen molar-refractivity contribution < 1.29 is 14.3 Å². The first-order valence-electron chi connectivity index (χ1n) is 9.79. The molecule has 0 radical (unpaired) electrons. The third-order valence-corrected chi connectivity index (χ3v) is 4.70. The number of anilines is 1. The first-order valence-corrected chi connectivity index (χ1v) is 9.79. The summed E-state index contributed by atoms with van der Waals surface area (Å²) in [7, 11) is 0. The molecule has 0 spiro atoms. The lowest BCUT2D eigenvalue weighted by atomic mass is 10.1. The molecule has 1 saturated heterocycles. The van der Waals surface area contributed by atoms with Crippen LogP contribution in [0.15, 0.2) is 59.7 Å². The van der Waals surface area contributed by atoms with Crippen LogP contribution in [-0.2, 0) is 4.79 Å². The monoisotopic (exact) mass is 394 g/mol. The Morgan fingerprint density at radius 3 is 2.38 bits per heavy atom. The molecule has 0 aliphatic carbocycles. The van der Waals surface area contributed by atoms with E-state index in [2.05, 4.69) is 15.8 Å². The maximum Gasteiger partial charge on any atom is 0.339 e. The van der Waals surface area contributed by atoms with Crippen LogP contribution in [0.4, 0.5) is 10.5 Å². The van der Waals surface area contributed by atoms with Gasteiger partial charge < -0.3 is 15.0 Å². The number of rotatable bonds is 6. The van der Waals surface area contributed by atoms with Gasteiger partial charge in [-0.2, -0.15) is 5.10 Å². The minimum absolute atomic E-state index is 0.0279. The van der Waals surface area contributed by atoms with Crippen LogP contribution in [-0.4, -0.2) is 42.2 Å². The Kier molecular flexibility index (Phi) is 7.22. The number of urea groups is 1. The van der Waals surface area contributed by atoms with Gasteiger partial charge in [-0.15, -0.1) is 0 Å². The van der Waals surface area contributed by atoms with Gasteiger partial charge >= 0.3 is 6.03 Å². The van der Waals surface area contributed by atoms with E-state index >= 15 is 0 Å². The van der Waals surface area contributed by atoms with Gasteiger partial charge in [-0.3, -0.25) is 4.79 Å². The van der Waals surface area contributed by atoms with Crippen LogP contribution in [0.3, 0.4) is 0 Å². The summed E-state index contributed by atoms with van der Waals surface area (Å²) in [4.78, 5) is 25.9. The molecule has 0 atom stereocenters. The Bertz CT molecular complexity index is 844.